The van der Waals surface area contributed by atoms with Crippen molar-refractivity contribution in [3.8, 4) is 0 Å². The largest absolute Gasteiger partial charge is 0.368 e. The third kappa shape index (κ3) is 5.94. The number of hydrogen-bond donors (Lipinski definition) is 0. The Morgan fingerprint density at radius 3 is 2.28 bits per heavy atom. The number of aryl methyl sites for hydroxylation is 1. The van der Waals surface area contributed by atoms with E-state index in [-0.39, 0.29) is 35.6 Å². The lowest BCUT2D eigenvalue weighted by Gasteiger charge is -2.42. The van der Waals surface area contributed by atoms with Crippen LogP contribution in [0, 0.1) is 18.7 Å². The maximum Gasteiger partial charge on any atom is 0.243 e. The fourth-order valence-corrected chi connectivity index (χ4v) is 7.55. The number of nitrogens with zero attached hydrogens (tertiary/aromatic N) is 3. The van der Waals surface area contributed by atoms with Gasteiger partial charge in [-0.2, -0.15) is 4.31 Å². The van der Waals surface area contributed by atoms with Crippen molar-refractivity contribution in [2.75, 3.05) is 44.2 Å². The molecule has 3 aromatic rings. The molecule has 0 N–H and O–H groups in total. The van der Waals surface area contributed by atoms with Gasteiger partial charge in [0.1, 0.15) is 5.82 Å². The fourth-order valence-electron chi connectivity index (χ4n) is 5.60. The van der Waals surface area contributed by atoms with Crippen LogP contribution in [0.1, 0.15) is 23.5 Å². The molecule has 0 aliphatic carbocycles. The molecule has 2 aliphatic rings. The van der Waals surface area contributed by atoms with E-state index in [1.165, 1.54) is 28.6 Å². The minimum Gasteiger partial charge on any atom is -0.368 e. The summed E-state index contributed by atoms with van der Waals surface area (Å²) in [7, 11) is -3.85. The van der Waals surface area contributed by atoms with Gasteiger partial charge in [0.2, 0.25) is 15.9 Å². The lowest BCUT2D eigenvalue weighted by atomic mass is 9.80. The Kier molecular flexibility index (Phi) is 8.19. The molecule has 0 spiro atoms. The van der Waals surface area contributed by atoms with Crippen LogP contribution in [0.4, 0.5) is 10.1 Å². The topological polar surface area (TPSA) is 60.9 Å². The molecule has 10 heteroatoms. The predicted molar refractivity (Wildman–Crippen MR) is 152 cm³/mol. The number of amides is 1. The minimum absolute atomic E-state index is 0.0450. The van der Waals surface area contributed by atoms with Crippen molar-refractivity contribution in [1.82, 2.24) is 9.21 Å². The van der Waals surface area contributed by atoms with Gasteiger partial charge in [-0.25, -0.2) is 12.8 Å². The van der Waals surface area contributed by atoms with Crippen molar-refractivity contribution in [1.29, 1.82) is 0 Å². The Morgan fingerprint density at radius 1 is 0.897 bits per heavy atom. The van der Waals surface area contributed by atoms with Gasteiger partial charge in [-0.15, -0.1) is 0 Å². The first-order chi connectivity index (χ1) is 18.6. The SMILES string of the molecule is Cc1ccc(Cl)cc1N1CCN(C(=O)[C@@H]2CN(S(=O)(=O)c3cccc(Cl)c3)CC[C@@H]2c2ccc(F)cc2)CC1. The van der Waals surface area contributed by atoms with Crippen molar-refractivity contribution >= 4 is 44.8 Å². The zero-order chi connectivity index (χ0) is 27.7. The molecule has 2 saturated heterocycles. The summed E-state index contributed by atoms with van der Waals surface area (Å²) in [5, 5.41) is 0.997. The Labute approximate surface area is 239 Å². The number of carbonyl (C=O) groups is 1. The van der Waals surface area contributed by atoms with E-state index < -0.39 is 15.9 Å². The van der Waals surface area contributed by atoms with Crippen LogP contribution in [0.3, 0.4) is 0 Å². The first-order valence-electron chi connectivity index (χ1n) is 12.9. The summed E-state index contributed by atoms with van der Waals surface area (Å²) >= 11 is 12.3. The number of hydrogen-bond acceptors (Lipinski definition) is 4. The highest BCUT2D eigenvalue weighted by Crippen LogP contribution is 2.37. The van der Waals surface area contributed by atoms with Gasteiger partial charge in [0.05, 0.1) is 10.8 Å². The molecular formula is C29H30Cl2FN3O3S. The highest BCUT2D eigenvalue weighted by atomic mass is 35.5. The van der Waals surface area contributed by atoms with E-state index in [1.54, 1.807) is 24.3 Å². The number of piperazine rings is 1. The molecule has 5 rings (SSSR count). The molecule has 2 atom stereocenters. The molecule has 0 bridgehead atoms. The molecule has 0 radical (unpaired) electrons. The molecule has 0 unspecified atom stereocenters. The van der Waals surface area contributed by atoms with E-state index >= 15 is 0 Å². The number of halogens is 3. The van der Waals surface area contributed by atoms with Crippen LogP contribution in [-0.2, 0) is 14.8 Å². The molecular weight excluding hydrogens is 560 g/mol. The Hall–Kier alpha value is -2.65. The van der Waals surface area contributed by atoms with Crippen molar-refractivity contribution < 1.29 is 17.6 Å². The van der Waals surface area contributed by atoms with E-state index in [4.69, 9.17) is 23.2 Å². The Balaban J connectivity index is 1.38. The molecule has 2 heterocycles. The average molecular weight is 591 g/mol. The molecule has 2 aliphatic heterocycles. The van der Waals surface area contributed by atoms with Crippen LogP contribution >= 0.6 is 23.2 Å². The number of piperidine rings is 1. The quantitative estimate of drug-likeness (QED) is 0.389. The van der Waals surface area contributed by atoms with Crippen molar-refractivity contribution in [2.45, 2.75) is 24.2 Å². The van der Waals surface area contributed by atoms with Crippen LogP contribution in [0.25, 0.3) is 0 Å². The van der Waals surface area contributed by atoms with Crippen LogP contribution in [0.2, 0.25) is 10.0 Å². The van der Waals surface area contributed by atoms with E-state index in [2.05, 4.69) is 4.90 Å². The minimum atomic E-state index is -3.85. The van der Waals surface area contributed by atoms with Crippen molar-refractivity contribution in [2.24, 2.45) is 5.92 Å². The summed E-state index contributed by atoms with van der Waals surface area (Å²) in [4.78, 5) is 18.2. The van der Waals surface area contributed by atoms with Gasteiger partial charge in [0, 0.05) is 55.0 Å². The van der Waals surface area contributed by atoms with Crippen molar-refractivity contribution in [3.63, 3.8) is 0 Å². The lowest BCUT2D eigenvalue weighted by molar-refractivity contribution is -0.137. The summed E-state index contributed by atoms with van der Waals surface area (Å²) in [6.07, 6.45) is 0.448. The summed E-state index contributed by atoms with van der Waals surface area (Å²) < 4.78 is 42.1. The third-order valence-corrected chi connectivity index (χ3v) is 10.1. The first kappa shape index (κ1) is 27.9. The second-order valence-electron chi connectivity index (χ2n) is 10.1. The second kappa shape index (κ2) is 11.5. The highest BCUT2D eigenvalue weighted by Gasteiger charge is 2.42. The molecule has 3 aromatic carbocycles. The van der Waals surface area contributed by atoms with Gasteiger partial charge < -0.3 is 9.80 Å². The summed E-state index contributed by atoms with van der Waals surface area (Å²) in [5.74, 6) is -1.26. The van der Waals surface area contributed by atoms with E-state index in [0.29, 0.717) is 42.6 Å². The van der Waals surface area contributed by atoms with E-state index in [1.807, 2.05) is 30.0 Å². The number of carbonyl (C=O) groups excluding carboxylic acids is 1. The van der Waals surface area contributed by atoms with E-state index in [0.717, 1.165) is 16.8 Å². The van der Waals surface area contributed by atoms with Gasteiger partial charge in [-0.1, -0.05) is 47.5 Å². The zero-order valence-electron chi connectivity index (χ0n) is 21.6. The maximum atomic E-state index is 14.0. The van der Waals surface area contributed by atoms with Gasteiger partial charge in [-0.05, 0) is 72.9 Å². The first-order valence-corrected chi connectivity index (χ1v) is 15.1. The summed E-state index contributed by atoms with van der Waals surface area (Å²) in [6, 6.07) is 18.1. The molecule has 0 aromatic heterocycles. The molecule has 206 valence electrons. The molecule has 1 amide bonds. The van der Waals surface area contributed by atoms with Crippen LogP contribution in [0.15, 0.2) is 71.6 Å². The van der Waals surface area contributed by atoms with E-state index in [9.17, 15) is 17.6 Å². The van der Waals surface area contributed by atoms with Gasteiger partial charge in [-0.3, -0.25) is 4.79 Å². The number of anilines is 1. The third-order valence-electron chi connectivity index (χ3n) is 7.73. The van der Waals surface area contributed by atoms with Gasteiger partial charge in [0.25, 0.3) is 0 Å². The zero-order valence-corrected chi connectivity index (χ0v) is 23.9. The number of sulfonamides is 1. The van der Waals surface area contributed by atoms with Gasteiger partial charge in [0.15, 0.2) is 0 Å². The lowest BCUT2D eigenvalue weighted by Crippen LogP contribution is -2.54. The number of rotatable bonds is 5. The molecule has 2 fully saturated rings. The summed E-state index contributed by atoms with van der Waals surface area (Å²) in [6.45, 7) is 4.65. The fraction of sp³-hybridized carbons (Fsp3) is 0.345. The van der Waals surface area contributed by atoms with Gasteiger partial charge >= 0.3 is 0 Å². The summed E-state index contributed by atoms with van der Waals surface area (Å²) in [5.41, 5.74) is 3.00. The monoisotopic (exact) mass is 589 g/mol. The van der Waals surface area contributed by atoms with Crippen LogP contribution in [0.5, 0.6) is 0 Å². The molecule has 0 saturated carbocycles. The molecule has 39 heavy (non-hydrogen) atoms. The van der Waals surface area contributed by atoms with Crippen LogP contribution in [-0.4, -0.2) is 62.8 Å². The standard InChI is InChI=1S/C29H30Cl2FN3O3S/c1-20-5-8-23(31)18-28(20)33-13-15-34(16-14-33)29(36)27-19-35(39(37,38)25-4-2-3-22(30)17-25)12-11-26(27)21-6-9-24(32)10-7-21/h2-10,17-18,26-27H,11-16,19H2,1H3/t26-,27-/m1/s1. The Morgan fingerprint density at radius 2 is 1.59 bits per heavy atom. The number of benzene rings is 3. The smallest absolute Gasteiger partial charge is 0.243 e. The second-order valence-corrected chi connectivity index (χ2v) is 12.9. The molecule has 6 nitrogen and oxygen atoms in total. The maximum absolute atomic E-state index is 14.0. The van der Waals surface area contributed by atoms with Crippen molar-refractivity contribution in [3.05, 3.63) is 93.7 Å². The highest BCUT2D eigenvalue weighted by molar-refractivity contribution is 7.89. The van der Waals surface area contributed by atoms with Crippen LogP contribution < -0.4 is 4.90 Å². The average Bonchev–Trinajstić information content (AvgIpc) is 2.94. The normalized spacial score (nSPS) is 20.7. The Bertz CT molecular complexity index is 1460. The predicted octanol–water partition coefficient (Wildman–Crippen LogP) is 5.58.